The summed E-state index contributed by atoms with van der Waals surface area (Å²) in [4.78, 5) is 23.7. The Labute approximate surface area is 203 Å². The van der Waals surface area contributed by atoms with E-state index in [0.717, 1.165) is 31.2 Å². The summed E-state index contributed by atoms with van der Waals surface area (Å²) in [6.07, 6.45) is 3.63. The molecule has 1 fully saturated rings. The van der Waals surface area contributed by atoms with E-state index in [-0.39, 0.29) is 18.1 Å². The van der Waals surface area contributed by atoms with Crippen LogP contribution in [0.5, 0.6) is 5.75 Å². The van der Waals surface area contributed by atoms with Crippen LogP contribution >= 0.6 is 0 Å². The van der Waals surface area contributed by atoms with Gasteiger partial charge < -0.3 is 14.6 Å². The molecule has 8 heteroatoms. The van der Waals surface area contributed by atoms with Gasteiger partial charge in [-0.25, -0.2) is 13.9 Å². The molecule has 2 aromatic carbocycles. The van der Waals surface area contributed by atoms with Gasteiger partial charge in [0.2, 0.25) is 0 Å². The molecule has 0 radical (unpaired) electrons. The number of nitrogens with zero attached hydrogens (tertiary/aromatic N) is 2. The van der Waals surface area contributed by atoms with E-state index in [2.05, 4.69) is 0 Å². The maximum Gasteiger partial charge on any atom is 0.329 e. The summed E-state index contributed by atoms with van der Waals surface area (Å²) in [7, 11) is 1.48. The largest absolute Gasteiger partial charge is 0.497 e. The van der Waals surface area contributed by atoms with Crippen LogP contribution in [0.25, 0.3) is 22.4 Å². The number of carboxylic acid groups (broad SMARTS) is 1. The molecule has 0 atom stereocenters. The first-order chi connectivity index (χ1) is 16.9. The standard InChI is InChI=1S/C27H29FN2O5/c1-34-23-12-21(11-22(28)13-23)27-24(20-5-3-2-4-6-20)14-25(31)30(29-27)15-18-7-9-19(10-8-18)16-35-17-26(32)33/h2-6,11-14,18-19H,7-10,15-17H2,1H3,(H,32,33)/t18-,19-. The van der Waals surface area contributed by atoms with Crippen LogP contribution in [-0.2, 0) is 16.1 Å². The Hall–Kier alpha value is -3.52. The van der Waals surface area contributed by atoms with E-state index in [1.54, 1.807) is 12.1 Å². The van der Waals surface area contributed by atoms with Crippen LogP contribution in [0.15, 0.2) is 59.4 Å². The normalized spacial score (nSPS) is 17.8. The highest BCUT2D eigenvalue weighted by molar-refractivity contribution is 5.80. The molecule has 7 nitrogen and oxygen atoms in total. The van der Waals surface area contributed by atoms with Gasteiger partial charge in [0, 0.05) is 29.8 Å². The van der Waals surface area contributed by atoms with E-state index in [1.807, 2.05) is 30.3 Å². The number of aromatic nitrogens is 2. The zero-order valence-electron chi connectivity index (χ0n) is 19.7. The Balaban J connectivity index is 1.59. The summed E-state index contributed by atoms with van der Waals surface area (Å²) >= 11 is 0. The molecule has 1 saturated carbocycles. The number of aliphatic carboxylic acids is 1. The monoisotopic (exact) mass is 480 g/mol. The smallest absolute Gasteiger partial charge is 0.329 e. The lowest BCUT2D eigenvalue weighted by molar-refractivity contribution is -0.142. The van der Waals surface area contributed by atoms with Crippen molar-refractivity contribution in [3.63, 3.8) is 0 Å². The topological polar surface area (TPSA) is 90.7 Å². The molecular weight excluding hydrogens is 451 g/mol. The Bertz CT molecular complexity index is 1220. The molecule has 0 amide bonds. The average Bonchev–Trinajstić information content (AvgIpc) is 2.86. The van der Waals surface area contributed by atoms with Crippen molar-refractivity contribution in [1.29, 1.82) is 0 Å². The Kier molecular flexibility index (Phi) is 7.92. The quantitative estimate of drug-likeness (QED) is 0.480. The number of carbonyl (C=O) groups is 1. The van der Waals surface area contributed by atoms with Crippen molar-refractivity contribution in [2.45, 2.75) is 32.2 Å². The van der Waals surface area contributed by atoms with Gasteiger partial charge in [-0.05, 0) is 55.2 Å². The van der Waals surface area contributed by atoms with Crippen LogP contribution in [-0.4, -0.2) is 41.2 Å². The predicted octanol–water partition coefficient (Wildman–Crippen LogP) is 4.63. The van der Waals surface area contributed by atoms with Gasteiger partial charge in [0.25, 0.3) is 5.56 Å². The second kappa shape index (κ2) is 11.3. The van der Waals surface area contributed by atoms with Crippen LogP contribution < -0.4 is 10.3 Å². The van der Waals surface area contributed by atoms with E-state index < -0.39 is 11.8 Å². The lowest BCUT2D eigenvalue weighted by atomic mass is 9.82. The van der Waals surface area contributed by atoms with E-state index >= 15 is 0 Å². The summed E-state index contributed by atoms with van der Waals surface area (Å²) in [6.45, 7) is 0.630. The van der Waals surface area contributed by atoms with Gasteiger partial charge in [-0.2, -0.15) is 5.10 Å². The first kappa shape index (κ1) is 24.6. The molecule has 1 heterocycles. The highest BCUT2D eigenvalue weighted by Gasteiger charge is 2.23. The number of rotatable bonds is 9. The number of carboxylic acids is 1. The van der Waals surface area contributed by atoms with Crippen molar-refractivity contribution < 1.29 is 23.8 Å². The molecule has 1 aromatic heterocycles. The predicted molar refractivity (Wildman–Crippen MR) is 130 cm³/mol. The van der Waals surface area contributed by atoms with E-state index in [9.17, 15) is 14.0 Å². The molecule has 0 saturated heterocycles. The Morgan fingerprint density at radius 2 is 1.77 bits per heavy atom. The van der Waals surface area contributed by atoms with Gasteiger partial charge in [0.05, 0.1) is 19.4 Å². The minimum atomic E-state index is -0.963. The summed E-state index contributed by atoms with van der Waals surface area (Å²) in [5.41, 5.74) is 2.31. The fourth-order valence-corrected chi connectivity index (χ4v) is 4.63. The maximum absolute atomic E-state index is 14.3. The van der Waals surface area contributed by atoms with Gasteiger partial charge in [0.15, 0.2) is 0 Å². The fraction of sp³-hybridized carbons (Fsp3) is 0.370. The van der Waals surface area contributed by atoms with Crippen molar-refractivity contribution >= 4 is 5.97 Å². The molecule has 0 unspecified atom stereocenters. The summed E-state index contributed by atoms with van der Waals surface area (Å²) in [6, 6.07) is 15.4. The second-order valence-electron chi connectivity index (χ2n) is 8.97. The Morgan fingerprint density at radius 3 is 2.46 bits per heavy atom. The number of methoxy groups -OCH3 is 1. The molecule has 184 valence electrons. The summed E-state index contributed by atoms with van der Waals surface area (Å²) in [5.74, 6) is -0.433. The zero-order valence-corrected chi connectivity index (χ0v) is 19.7. The van der Waals surface area contributed by atoms with Gasteiger partial charge in [-0.15, -0.1) is 0 Å². The van der Waals surface area contributed by atoms with Gasteiger partial charge in [-0.1, -0.05) is 30.3 Å². The third kappa shape index (κ3) is 6.33. The molecule has 4 rings (SSSR count). The van der Waals surface area contributed by atoms with Gasteiger partial charge in [0.1, 0.15) is 18.2 Å². The lowest BCUT2D eigenvalue weighted by Crippen LogP contribution is -2.29. The number of halogens is 1. The number of ether oxygens (including phenoxy) is 2. The van der Waals surface area contributed by atoms with Crippen LogP contribution in [0.2, 0.25) is 0 Å². The molecule has 1 N–H and O–H groups in total. The first-order valence-corrected chi connectivity index (χ1v) is 11.7. The SMILES string of the molecule is COc1cc(F)cc(-c2nn(C[C@H]3CC[C@H](COCC(=O)O)CC3)c(=O)cc2-c2ccccc2)c1. The molecule has 3 aromatic rings. The van der Waals surface area contributed by atoms with Crippen LogP contribution in [0.4, 0.5) is 4.39 Å². The zero-order chi connectivity index (χ0) is 24.8. The highest BCUT2D eigenvalue weighted by Crippen LogP contribution is 2.33. The molecule has 1 aliphatic carbocycles. The minimum Gasteiger partial charge on any atom is -0.497 e. The van der Waals surface area contributed by atoms with Crippen LogP contribution in [0, 0.1) is 17.7 Å². The molecule has 1 aliphatic rings. The van der Waals surface area contributed by atoms with Crippen molar-refractivity contribution in [2.24, 2.45) is 11.8 Å². The molecular formula is C27H29FN2O5. The van der Waals surface area contributed by atoms with Crippen molar-refractivity contribution in [3.8, 4) is 28.1 Å². The van der Waals surface area contributed by atoms with E-state index in [0.29, 0.717) is 41.6 Å². The van der Waals surface area contributed by atoms with Crippen LogP contribution in [0.3, 0.4) is 0 Å². The number of hydrogen-bond donors (Lipinski definition) is 1. The average molecular weight is 481 g/mol. The minimum absolute atomic E-state index is 0.206. The van der Waals surface area contributed by atoms with Gasteiger partial charge in [-0.3, -0.25) is 4.79 Å². The molecule has 35 heavy (non-hydrogen) atoms. The summed E-state index contributed by atoms with van der Waals surface area (Å²) < 4.78 is 26.3. The summed E-state index contributed by atoms with van der Waals surface area (Å²) in [5, 5.41) is 13.4. The van der Waals surface area contributed by atoms with Gasteiger partial charge >= 0.3 is 5.97 Å². The van der Waals surface area contributed by atoms with Crippen molar-refractivity contribution in [2.75, 3.05) is 20.3 Å². The van der Waals surface area contributed by atoms with E-state index in [4.69, 9.17) is 19.7 Å². The van der Waals surface area contributed by atoms with Crippen molar-refractivity contribution in [3.05, 3.63) is 70.8 Å². The Morgan fingerprint density at radius 1 is 1.06 bits per heavy atom. The third-order valence-electron chi connectivity index (χ3n) is 6.44. The third-order valence-corrected chi connectivity index (χ3v) is 6.44. The molecule has 0 aliphatic heterocycles. The number of benzene rings is 2. The fourth-order valence-electron chi connectivity index (χ4n) is 4.63. The first-order valence-electron chi connectivity index (χ1n) is 11.7. The molecule has 0 bridgehead atoms. The maximum atomic E-state index is 14.3. The second-order valence-corrected chi connectivity index (χ2v) is 8.97. The molecule has 0 spiro atoms. The highest BCUT2D eigenvalue weighted by atomic mass is 19.1. The lowest BCUT2D eigenvalue weighted by Gasteiger charge is -2.28. The number of hydrogen-bond acceptors (Lipinski definition) is 5. The van der Waals surface area contributed by atoms with Crippen LogP contribution in [0.1, 0.15) is 25.7 Å². The van der Waals surface area contributed by atoms with Crippen molar-refractivity contribution in [1.82, 2.24) is 9.78 Å². The van der Waals surface area contributed by atoms with E-state index in [1.165, 1.54) is 23.9 Å².